The monoisotopic (exact) mass is 454 g/mol. The largest absolute Gasteiger partial charge is 0.393 e. The minimum absolute atomic E-state index is 0.160. The summed E-state index contributed by atoms with van der Waals surface area (Å²) in [5.41, 5.74) is 3.66. The van der Waals surface area contributed by atoms with Gasteiger partial charge in [-0.3, -0.25) is 4.79 Å². The van der Waals surface area contributed by atoms with Gasteiger partial charge in [-0.05, 0) is 97.5 Å². The van der Waals surface area contributed by atoms with Crippen molar-refractivity contribution in [3.63, 3.8) is 0 Å². The van der Waals surface area contributed by atoms with Crippen LogP contribution in [0.25, 0.3) is 6.08 Å². The summed E-state index contributed by atoms with van der Waals surface area (Å²) in [6.07, 6.45) is 11.5. The van der Waals surface area contributed by atoms with Gasteiger partial charge >= 0.3 is 0 Å². The Morgan fingerprint density at radius 1 is 1.10 bits per heavy atom. The van der Waals surface area contributed by atoms with E-state index in [1.165, 1.54) is 5.57 Å². The van der Waals surface area contributed by atoms with Crippen molar-refractivity contribution in [2.45, 2.75) is 64.9 Å². The SMILES string of the molecule is C[C@@]12CC[C@@H]3[C@H](CC=C4C[C@H](O)CC[C@@]43C)[C@H]1C/C(=C\c1cccc(Br)c1)C2=O. The average molecular weight is 455 g/mol. The van der Waals surface area contributed by atoms with Crippen molar-refractivity contribution in [3.05, 3.63) is 51.5 Å². The van der Waals surface area contributed by atoms with Crippen LogP contribution in [0.3, 0.4) is 0 Å². The second-order valence-corrected chi connectivity index (χ2v) is 11.3. The summed E-state index contributed by atoms with van der Waals surface area (Å²) in [5.74, 6) is 2.09. The summed E-state index contributed by atoms with van der Waals surface area (Å²) in [7, 11) is 0. The van der Waals surface area contributed by atoms with Crippen LogP contribution in [0.15, 0.2) is 46.0 Å². The van der Waals surface area contributed by atoms with Crippen molar-refractivity contribution < 1.29 is 9.90 Å². The van der Waals surface area contributed by atoms with E-state index in [-0.39, 0.29) is 16.9 Å². The van der Waals surface area contributed by atoms with Crippen molar-refractivity contribution in [1.29, 1.82) is 0 Å². The fraction of sp³-hybridized carbons (Fsp3) is 0.577. The Hall–Kier alpha value is -1.19. The van der Waals surface area contributed by atoms with E-state index in [0.717, 1.165) is 60.6 Å². The number of fused-ring (bicyclic) bond motifs is 5. The molecule has 0 heterocycles. The Labute approximate surface area is 182 Å². The summed E-state index contributed by atoms with van der Waals surface area (Å²) in [5, 5.41) is 10.2. The van der Waals surface area contributed by atoms with Crippen LogP contribution in [0.1, 0.15) is 64.4 Å². The maximum atomic E-state index is 13.5. The van der Waals surface area contributed by atoms with Gasteiger partial charge in [0.1, 0.15) is 0 Å². The van der Waals surface area contributed by atoms with Gasteiger partial charge in [-0.2, -0.15) is 0 Å². The zero-order valence-corrected chi connectivity index (χ0v) is 19.0. The van der Waals surface area contributed by atoms with Gasteiger partial charge in [0.15, 0.2) is 5.78 Å². The number of rotatable bonds is 1. The van der Waals surface area contributed by atoms with E-state index in [4.69, 9.17) is 0 Å². The smallest absolute Gasteiger partial charge is 0.165 e. The van der Waals surface area contributed by atoms with Gasteiger partial charge in [0, 0.05) is 9.89 Å². The molecule has 154 valence electrons. The van der Waals surface area contributed by atoms with Gasteiger partial charge < -0.3 is 5.11 Å². The first-order valence-corrected chi connectivity index (χ1v) is 12.0. The minimum atomic E-state index is -0.200. The summed E-state index contributed by atoms with van der Waals surface area (Å²) in [6, 6.07) is 8.24. The van der Waals surface area contributed by atoms with Crippen LogP contribution < -0.4 is 0 Å². The molecule has 0 unspecified atom stereocenters. The van der Waals surface area contributed by atoms with E-state index < -0.39 is 0 Å². The minimum Gasteiger partial charge on any atom is -0.393 e. The van der Waals surface area contributed by atoms with E-state index >= 15 is 0 Å². The molecule has 1 N–H and O–H groups in total. The number of hydrogen-bond donors (Lipinski definition) is 1. The number of aliphatic hydroxyl groups is 1. The standard InChI is InChI=1S/C26H31BrO2/c1-25-10-8-20(28)15-18(25)6-7-21-22(25)9-11-26(2)23(21)14-17(24(26)29)12-16-4-3-5-19(27)13-16/h3-6,12-13,20-23,28H,7-11,14-15H2,1-2H3/b17-12+/t20-,21+,22-,23-,25+,26-/m1/s1. The third-order valence-corrected chi connectivity index (χ3v) is 9.40. The Kier molecular flexibility index (Phi) is 4.71. The van der Waals surface area contributed by atoms with Crippen LogP contribution in [-0.2, 0) is 4.79 Å². The molecule has 0 aliphatic heterocycles. The Bertz CT molecular complexity index is 915. The van der Waals surface area contributed by atoms with Gasteiger partial charge in [-0.15, -0.1) is 0 Å². The number of allylic oxidation sites excluding steroid dienone is 2. The number of ketones is 1. The average Bonchev–Trinajstić information content (AvgIpc) is 2.93. The molecular weight excluding hydrogens is 424 g/mol. The van der Waals surface area contributed by atoms with E-state index in [9.17, 15) is 9.90 Å². The molecule has 1 aromatic rings. The summed E-state index contributed by atoms with van der Waals surface area (Å²) >= 11 is 3.55. The van der Waals surface area contributed by atoms with Gasteiger partial charge in [-0.1, -0.05) is 53.6 Å². The molecule has 3 saturated carbocycles. The first-order valence-electron chi connectivity index (χ1n) is 11.2. The summed E-state index contributed by atoms with van der Waals surface area (Å²) in [6.45, 7) is 4.68. The van der Waals surface area contributed by atoms with Crippen molar-refractivity contribution >= 4 is 27.8 Å². The molecule has 0 amide bonds. The third kappa shape index (κ3) is 3.03. The number of carbonyl (C=O) groups excluding carboxylic acids is 1. The third-order valence-electron chi connectivity index (χ3n) is 8.91. The molecule has 3 fully saturated rings. The van der Waals surface area contributed by atoms with Crippen LogP contribution in [0.5, 0.6) is 0 Å². The highest BCUT2D eigenvalue weighted by molar-refractivity contribution is 9.10. The highest BCUT2D eigenvalue weighted by atomic mass is 79.9. The molecule has 0 aromatic heterocycles. The zero-order valence-electron chi connectivity index (χ0n) is 17.5. The second kappa shape index (κ2) is 6.92. The fourth-order valence-corrected chi connectivity index (χ4v) is 7.66. The summed E-state index contributed by atoms with van der Waals surface area (Å²) < 4.78 is 1.05. The number of hydrogen-bond acceptors (Lipinski definition) is 2. The first-order chi connectivity index (χ1) is 13.8. The van der Waals surface area contributed by atoms with Crippen LogP contribution in [0.2, 0.25) is 0 Å². The fourth-order valence-electron chi connectivity index (χ4n) is 7.24. The quantitative estimate of drug-likeness (QED) is 0.397. The normalized spacial score (nSPS) is 42.8. The van der Waals surface area contributed by atoms with Crippen LogP contribution in [-0.4, -0.2) is 17.0 Å². The molecule has 5 rings (SSSR count). The first kappa shape index (κ1) is 19.8. The molecule has 0 spiro atoms. The van der Waals surface area contributed by atoms with Gasteiger partial charge in [-0.25, -0.2) is 0 Å². The number of halogens is 1. The van der Waals surface area contributed by atoms with E-state index in [2.05, 4.69) is 54.1 Å². The number of aliphatic hydroxyl groups excluding tert-OH is 1. The van der Waals surface area contributed by atoms with Gasteiger partial charge in [0.25, 0.3) is 0 Å². The van der Waals surface area contributed by atoms with E-state index in [1.807, 2.05) is 12.1 Å². The number of Topliss-reactive ketones (excluding diaryl/α,β-unsaturated/α-hetero) is 1. The maximum absolute atomic E-state index is 13.5. The van der Waals surface area contributed by atoms with Crippen molar-refractivity contribution in [2.75, 3.05) is 0 Å². The molecule has 4 aliphatic rings. The van der Waals surface area contributed by atoms with Gasteiger partial charge in [0.05, 0.1) is 6.10 Å². The van der Waals surface area contributed by atoms with Crippen LogP contribution >= 0.6 is 15.9 Å². The molecule has 4 aliphatic carbocycles. The Balaban J connectivity index is 1.48. The second-order valence-electron chi connectivity index (χ2n) is 10.4. The van der Waals surface area contributed by atoms with Crippen LogP contribution in [0.4, 0.5) is 0 Å². The predicted molar refractivity (Wildman–Crippen MR) is 120 cm³/mol. The lowest BCUT2D eigenvalue weighted by atomic mass is 9.48. The Morgan fingerprint density at radius 2 is 1.90 bits per heavy atom. The topological polar surface area (TPSA) is 37.3 Å². The molecular formula is C26H31BrO2. The molecule has 1 aromatic carbocycles. The zero-order chi connectivity index (χ0) is 20.4. The lowest BCUT2D eigenvalue weighted by Crippen LogP contribution is -2.50. The molecule has 29 heavy (non-hydrogen) atoms. The summed E-state index contributed by atoms with van der Waals surface area (Å²) in [4.78, 5) is 13.5. The van der Waals surface area contributed by atoms with Crippen molar-refractivity contribution in [3.8, 4) is 0 Å². The van der Waals surface area contributed by atoms with E-state index in [0.29, 0.717) is 23.5 Å². The number of benzene rings is 1. The molecule has 6 atom stereocenters. The van der Waals surface area contributed by atoms with Crippen molar-refractivity contribution in [1.82, 2.24) is 0 Å². The highest BCUT2D eigenvalue weighted by Gasteiger charge is 2.59. The molecule has 0 radical (unpaired) electrons. The van der Waals surface area contributed by atoms with E-state index in [1.54, 1.807) is 0 Å². The van der Waals surface area contributed by atoms with Crippen molar-refractivity contribution in [2.24, 2.45) is 28.6 Å². The lowest BCUT2D eigenvalue weighted by molar-refractivity contribution is -0.130. The predicted octanol–water partition coefficient (Wildman–Crippen LogP) is 6.34. The number of carbonyl (C=O) groups is 1. The van der Waals surface area contributed by atoms with Gasteiger partial charge in [0.2, 0.25) is 0 Å². The maximum Gasteiger partial charge on any atom is 0.165 e. The highest BCUT2D eigenvalue weighted by Crippen LogP contribution is 2.64. The molecule has 3 heteroatoms. The Morgan fingerprint density at radius 3 is 2.69 bits per heavy atom. The molecule has 0 saturated heterocycles. The molecule has 0 bridgehead atoms. The van der Waals surface area contributed by atoms with Crippen LogP contribution in [0, 0.1) is 28.6 Å². The lowest BCUT2D eigenvalue weighted by Gasteiger charge is -2.56. The molecule has 2 nitrogen and oxygen atoms in total.